The molecule has 2 aliphatic rings. The Morgan fingerprint density at radius 1 is 1.00 bits per heavy atom. The van der Waals surface area contributed by atoms with Crippen molar-refractivity contribution < 1.29 is 48.5 Å². The van der Waals surface area contributed by atoms with E-state index in [2.05, 4.69) is 10.6 Å². The van der Waals surface area contributed by atoms with Gasteiger partial charge in [0.25, 0.3) is 5.91 Å². The summed E-state index contributed by atoms with van der Waals surface area (Å²) in [5, 5.41) is 28.9. The molecule has 67 heavy (non-hydrogen) atoms. The molecule has 1 aromatic rings. The quantitative estimate of drug-likeness (QED) is 0.0602. The maximum Gasteiger partial charge on any atom is 0.257 e. The third-order valence-corrected chi connectivity index (χ3v) is 15.8. The first-order valence-corrected chi connectivity index (χ1v) is 25.5. The van der Waals surface area contributed by atoms with Gasteiger partial charge in [0.1, 0.15) is 6.04 Å². The van der Waals surface area contributed by atoms with Gasteiger partial charge in [-0.2, -0.15) is 0 Å². The van der Waals surface area contributed by atoms with Gasteiger partial charge in [-0.25, -0.2) is 10.0 Å². The normalized spacial score (nSPS) is 21.0. The van der Waals surface area contributed by atoms with Gasteiger partial charge in [0.05, 0.1) is 59.8 Å². The minimum absolute atomic E-state index is 0.00261. The monoisotopic (exact) mass is 961 g/mol. The molecule has 1 aromatic carbocycles. The smallest absolute Gasteiger partial charge is 0.257 e. The fourth-order valence-electron chi connectivity index (χ4n) is 9.94. The number of hydrogen-bond acceptors (Lipinski definition) is 12. The lowest BCUT2D eigenvalue weighted by atomic mass is 9.87. The van der Waals surface area contributed by atoms with Crippen LogP contribution < -0.4 is 10.6 Å². The minimum Gasteiger partial charge on any atom is -0.390 e. The van der Waals surface area contributed by atoms with Gasteiger partial charge in [-0.1, -0.05) is 78.3 Å². The summed E-state index contributed by atoms with van der Waals surface area (Å²) in [5.74, 6) is -1.79. The van der Waals surface area contributed by atoms with Crippen molar-refractivity contribution in [3.63, 3.8) is 0 Å². The van der Waals surface area contributed by atoms with Crippen LogP contribution in [0, 0.1) is 11.8 Å². The van der Waals surface area contributed by atoms with Crippen LogP contribution >= 0.6 is 11.8 Å². The number of nitrogens with one attached hydrogen (secondary N) is 2. The summed E-state index contributed by atoms with van der Waals surface area (Å²) in [4.78, 5) is 85.2. The van der Waals surface area contributed by atoms with E-state index in [1.54, 1.807) is 33.0 Å². The summed E-state index contributed by atoms with van der Waals surface area (Å²) in [6.07, 6.45) is 4.23. The van der Waals surface area contributed by atoms with Gasteiger partial charge in [0.15, 0.2) is 0 Å². The van der Waals surface area contributed by atoms with Crippen molar-refractivity contribution in [2.45, 2.75) is 185 Å². The second-order valence-electron chi connectivity index (χ2n) is 19.3. The third kappa shape index (κ3) is 15.2. The molecule has 9 atom stereocenters. The summed E-state index contributed by atoms with van der Waals surface area (Å²) >= 11 is 1.39. The van der Waals surface area contributed by atoms with Crippen LogP contribution in [0.3, 0.4) is 0 Å². The number of carbonyl (C=O) groups excluding carboxylic acids is 6. The largest absolute Gasteiger partial charge is 0.390 e. The third-order valence-electron chi connectivity index (χ3n) is 14.5. The summed E-state index contributed by atoms with van der Waals surface area (Å²) in [5.41, 5.74) is -0.649. The lowest BCUT2D eigenvalue weighted by Crippen LogP contribution is -2.58. The van der Waals surface area contributed by atoms with Crippen molar-refractivity contribution in [3.8, 4) is 0 Å². The molecule has 6 amide bonds. The van der Waals surface area contributed by atoms with Crippen molar-refractivity contribution in [3.05, 3.63) is 35.9 Å². The van der Waals surface area contributed by atoms with Crippen LogP contribution in [0.2, 0.25) is 0 Å². The number of hydrogen-bond donors (Lipinski definition) is 4. The molecule has 0 spiro atoms. The Morgan fingerprint density at radius 3 is 2.24 bits per heavy atom. The highest BCUT2D eigenvalue weighted by atomic mass is 32.2. The number of rotatable bonds is 29. The van der Waals surface area contributed by atoms with E-state index in [0.29, 0.717) is 63.7 Å². The number of likely N-dealkylation sites (N-methyl/N-ethyl adjacent to an activating group) is 2. The topological polar surface area (TPSA) is 198 Å². The average Bonchev–Trinajstić information content (AvgIpc) is 3.84. The lowest BCUT2D eigenvalue weighted by molar-refractivity contribution is -0.163. The highest BCUT2D eigenvalue weighted by Crippen LogP contribution is 2.37. The number of nitrogens with zero attached hydrogens (tertiary/aromatic N) is 4. The number of carbonyl (C=O) groups is 6. The van der Waals surface area contributed by atoms with Crippen LogP contribution in [0.1, 0.15) is 144 Å². The molecule has 16 nitrogen and oxygen atoms in total. The Labute approximate surface area is 404 Å². The van der Waals surface area contributed by atoms with E-state index in [-0.39, 0.29) is 67.4 Å². The summed E-state index contributed by atoms with van der Waals surface area (Å²) < 4.78 is 12.0. The van der Waals surface area contributed by atoms with E-state index in [1.807, 2.05) is 83.7 Å². The van der Waals surface area contributed by atoms with Crippen molar-refractivity contribution in [1.82, 2.24) is 30.5 Å². The highest BCUT2D eigenvalue weighted by Gasteiger charge is 2.48. The first-order chi connectivity index (χ1) is 31.6. The van der Waals surface area contributed by atoms with Crippen LogP contribution in [0.5, 0.6) is 0 Å². The molecule has 17 heteroatoms. The molecule has 380 valence electrons. The van der Waals surface area contributed by atoms with Crippen LogP contribution in [-0.4, -0.2) is 159 Å². The minimum atomic E-state index is -0.931. The molecule has 0 aliphatic carbocycles. The molecule has 2 aliphatic heterocycles. The van der Waals surface area contributed by atoms with Crippen molar-refractivity contribution in [2.75, 3.05) is 47.2 Å². The standard InChI is InChI=1S/C50H84N6O10S/c1-13-34(6)45(53(9)43(60)32-51-47(62)44(33(4)5)54(10)56-42(59)31-38(48(56)63)67-29-21-27-50(64,14-2)15-3)37(65-11)30-41(58)55-28-20-26-49(55,8)39(66-12)24-19-25-40(57)52-35(7)46(61)36-22-17-16-18-23-36/h16-18,22-23,33-35,37-39,44-46,61,64H,13-15,19-21,24-32H2,1-12H3,(H,51,62)(H,52,57)/t34-,35+,37+,38?,39+,44-,45?,46+,49?/m0/s1. The Kier molecular flexibility index (Phi) is 23.2. The molecule has 2 heterocycles. The van der Waals surface area contributed by atoms with Crippen LogP contribution in [-0.2, 0) is 38.2 Å². The van der Waals surface area contributed by atoms with E-state index >= 15 is 0 Å². The maximum absolute atomic E-state index is 14.3. The highest BCUT2D eigenvalue weighted by molar-refractivity contribution is 8.00. The number of amides is 6. The second-order valence-corrected chi connectivity index (χ2v) is 20.6. The van der Waals surface area contributed by atoms with Crippen LogP contribution in [0.4, 0.5) is 0 Å². The van der Waals surface area contributed by atoms with Gasteiger partial charge in [-0.05, 0) is 88.4 Å². The van der Waals surface area contributed by atoms with E-state index in [1.165, 1.54) is 23.9 Å². The molecule has 0 saturated carbocycles. The number of benzene rings is 1. The Morgan fingerprint density at radius 2 is 1.66 bits per heavy atom. The number of likely N-dealkylation sites (tertiary alicyclic amines) is 1. The molecule has 4 N–H and O–H groups in total. The number of aliphatic hydroxyl groups excluding tert-OH is 1. The molecular formula is C50H84N6O10S. The number of thioether (sulfide) groups is 1. The molecular weight excluding hydrogens is 877 g/mol. The molecule has 3 unspecified atom stereocenters. The Balaban J connectivity index is 1.62. The molecule has 2 saturated heterocycles. The zero-order valence-electron chi connectivity index (χ0n) is 42.5. The van der Waals surface area contributed by atoms with E-state index in [0.717, 1.165) is 17.0 Å². The summed E-state index contributed by atoms with van der Waals surface area (Å²) in [7, 11) is 6.35. The first kappa shape index (κ1) is 57.7. The van der Waals surface area contributed by atoms with E-state index in [9.17, 15) is 39.0 Å². The SMILES string of the molecule is CC[C@H](C)C([C@@H](CC(=O)N1CCCC1(C)[C@@H](CCCC(=O)N[C@H](C)[C@@H](O)c1ccccc1)OC)OC)N(C)C(=O)CNC(=O)[C@H](C(C)C)N(C)N1C(=O)CC(SCCCC(O)(CC)CC)C1=O. The number of ether oxygens (including phenoxy) is 2. The van der Waals surface area contributed by atoms with Gasteiger partial charge in [-0.15, -0.1) is 11.8 Å². The Hall–Kier alpha value is -3.61. The second kappa shape index (κ2) is 27.0. The van der Waals surface area contributed by atoms with Crippen LogP contribution in [0.25, 0.3) is 0 Å². The molecule has 0 radical (unpaired) electrons. The van der Waals surface area contributed by atoms with Crippen molar-refractivity contribution >= 4 is 47.2 Å². The number of hydrazine groups is 1. The fourth-order valence-corrected chi connectivity index (χ4v) is 11.0. The predicted molar refractivity (Wildman–Crippen MR) is 261 cm³/mol. The zero-order valence-corrected chi connectivity index (χ0v) is 43.4. The Bertz CT molecular complexity index is 1770. The average molecular weight is 961 g/mol. The zero-order chi connectivity index (χ0) is 50.2. The summed E-state index contributed by atoms with van der Waals surface area (Å²) in [6, 6.07) is 7.27. The molecule has 2 fully saturated rings. The van der Waals surface area contributed by atoms with Gasteiger partial charge >= 0.3 is 0 Å². The van der Waals surface area contributed by atoms with Crippen molar-refractivity contribution in [1.29, 1.82) is 0 Å². The lowest BCUT2D eigenvalue weighted by Gasteiger charge is -2.43. The number of methoxy groups -OCH3 is 2. The summed E-state index contributed by atoms with van der Waals surface area (Å²) in [6.45, 7) is 15.5. The van der Waals surface area contributed by atoms with Gasteiger partial charge in [-0.3, -0.25) is 28.8 Å². The number of imide groups is 1. The van der Waals surface area contributed by atoms with Gasteiger partial charge in [0, 0.05) is 47.7 Å². The van der Waals surface area contributed by atoms with Crippen molar-refractivity contribution in [2.24, 2.45) is 11.8 Å². The van der Waals surface area contributed by atoms with Gasteiger partial charge in [0.2, 0.25) is 29.5 Å². The van der Waals surface area contributed by atoms with E-state index < -0.39 is 58.5 Å². The van der Waals surface area contributed by atoms with E-state index in [4.69, 9.17) is 9.47 Å². The van der Waals surface area contributed by atoms with Gasteiger partial charge < -0.3 is 40.1 Å². The molecule has 0 bridgehead atoms. The maximum atomic E-state index is 14.3. The molecule has 0 aromatic heterocycles. The first-order valence-electron chi connectivity index (χ1n) is 24.5. The molecule has 3 rings (SSSR count). The fraction of sp³-hybridized carbons (Fsp3) is 0.760. The number of aliphatic hydroxyl groups is 2. The van der Waals surface area contributed by atoms with Crippen LogP contribution in [0.15, 0.2) is 30.3 Å². The predicted octanol–water partition coefficient (Wildman–Crippen LogP) is 5.25.